The summed E-state index contributed by atoms with van der Waals surface area (Å²) < 4.78 is 0. The molecular weight excluding hydrogens is 262 g/mol. The Morgan fingerprint density at radius 3 is 2.95 bits per heavy atom. The lowest BCUT2D eigenvalue weighted by Crippen LogP contribution is -2.29. The number of amides is 1. The van der Waals surface area contributed by atoms with Crippen molar-refractivity contribution in [3.05, 3.63) is 23.9 Å². The Morgan fingerprint density at radius 2 is 2.24 bits per heavy atom. The third-order valence-corrected chi connectivity index (χ3v) is 4.35. The van der Waals surface area contributed by atoms with E-state index in [1.807, 2.05) is 23.2 Å². The maximum absolute atomic E-state index is 12.3. The number of carbonyl (C=O) groups is 1. The minimum Gasteiger partial charge on any atom is -0.370 e. The molecule has 1 aromatic heterocycles. The Morgan fingerprint density at radius 1 is 1.43 bits per heavy atom. The van der Waals surface area contributed by atoms with Crippen LogP contribution in [0, 0.1) is 11.8 Å². The van der Waals surface area contributed by atoms with Gasteiger partial charge in [0.05, 0.1) is 0 Å². The quantitative estimate of drug-likeness (QED) is 0.904. The molecule has 1 amide bonds. The highest BCUT2D eigenvalue weighted by molar-refractivity contribution is 5.76. The molecule has 0 saturated carbocycles. The van der Waals surface area contributed by atoms with Crippen LogP contribution in [0.2, 0.25) is 0 Å². The van der Waals surface area contributed by atoms with Crippen LogP contribution in [0.3, 0.4) is 0 Å². The first-order chi connectivity index (χ1) is 10.1. The number of hydrogen-bond acceptors (Lipinski definition) is 3. The average molecular weight is 289 g/mol. The van der Waals surface area contributed by atoms with Crippen LogP contribution >= 0.6 is 0 Å². The molecule has 1 unspecified atom stereocenters. The summed E-state index contributed by atoms with van der Waals surface area (Å²) in [7, 11) is 0. The van der Waals surface area contributed by atoms with Gasteiger partial charge in [-0.05, 0) is 49.3 Å². The van der Waals surface area contributed by atoms with Crippen LogP contribution in [-0.2, 0) is 11.3 Å². The Balaban J connectivity index is 2.01. The van der Waals surface area contributed by atoms with Crippen molar-refractivity contribution in [2.45, 2.75) is 46.6 Å². The van der Waals surface area contributed by atoms with Crippen LogP contribution in [0.4, 0.5) is 5.82 Å². The maximum Gasteiger partial charge on any atom is 0.222 e. The Hall–Kier alpha value is -1.58. The second-order valence-corrected chi connectivity index (χ2v) is 6.23. The number of nitrogens with one attached hydrogen (secondary N) is 1. The predicted molar refractivity (Wildman–Crippen MR) is 86.0 cm³/mol. The molecule has 0 aliphatic carbocycles. The van der Waals surface area contributed by atoms with Crippen molar-refractivity contribution in [1.82, 2.24) is 9.88 Å². The summed E-state index contributed by atoms with van der Waals surface area (Å²) in [5, 5.41) is 3.22. The lowest BCUT2D eigenvalue weighted by atomic mass is 9.89. The van der Waals surface area contributed by atoms with Gasteiger partial charge in [-0.2, -0.15) is 0 Å². The fourth-order valence-electron chi connectivity index (χ4n) is 2.96. The zero-order valence-corrected chi connectivity index (χ0v) is 13.4. The van der Waals surface area contributed by atoms with Gasteiger partial charge in [-0.3, -0.25) is 4.79 Å². The fraction of sp³-hybridized carbons (Fsp3) is 0.647. The number of rotatable bonds is 5. The van der Waals surface area contributed by atoms with Gasteiger partial charge in [0, 0.05) is 32.3 Å². The summed E-state index contributed by atoms with van der Waals surface area (Å²) in [5.74, 6) is 2.52. The van der Waals surface area contributed by atoms with Crippen molar-refractivity contribution in [2.75, 3.05) is 18.4 Å². The van der Waals surface area contributed by atoms with Crippen molar-refractivity contribution in [1.29, 1.82) is 0 Å². The number of likely N-dealkylation sites (tertiary alicyclic amines) is 1. The van der Waals surface area contributed by atoms with E-state index < -0.39 is 0 Å². The molecule has 0 radical (unpaired) electrons. The SMILES string of the molecule is CCNc1cc(CN2CCC(C(C)C)CCC2=O)ccn1. The molecule has 1 N–H and O–H groups in total. The van der Waals surface area contributed by atoms with Crippen molar-refractivity contribution in [2.24, 2.45) is 11.8 Å². The van der Waals surface area contributed by atoms with Crippen molar-refractivity contribution >= 4 is 11.7 Å². The van der Waals surface area contributed by atoms with Gasteiger partial charge in [-0.1, -0.05) is 13.8 Å². The van der Waals surface area contributed by atoms with Gasteiger partial charge < -0.3 is 10.2 Å². The summed E-state index contributed by atoms with van der Waals surface area (Å²) in [6.45, 7) is 9.01. The van der Waals surface area contributed by atoms with E-state index in [1.54, 1.807) is 0 Å². The molecule has 1 saturated heterocycles. The molecule has 1 atom stereocenters. The molecule has 21 heavy (non-hydrogen) atoms. The molecule has 0 aromatic carbocycles. The molecule has 1 aliphatic rings. The molecule has 4 nitrogen and oxygen atoms in total. The van der Waals surface area contributed by atoms with E-state index in [0.29, 0.717) is 30.7 Å². The molecule has 4 heteroatoms. The molecule has 1 aliphatic heterocycles. The van der Waals surface area contributed by atoms with E-state index in [-0.39, 0.29) is 0 Å². The number of anilines is 1. The number of aromatic nitrogens is 1. The highest BCUT2D eigenvalue weighted by Gasteiger charge is 2.24. The van der Waals surface area contributed by atoms with E-state index in [9.17, 15) is 4.79 Å². The summed E-state index contributed by atoms with van der Waals surface area (Å²) in [6.07, 6.45) is 4.65. The second-order valence-electron chi connectivity index (χ2n) is 6.23. The molecule has 1 aromatic rings. The Bertz CT molecular complexity index is 473. The van der Waals surface area contributed by atoms with Gasteiger partial charge in [0.2, 0.25) is 5.91 Å². The molecule has 2 heterocycles. The standard InChI is InChI=1S/C17H27N3O/c1-4-18-16-11-14(7-9-19-16)12-20-10-8-15(13(2)3)5-6-17(20)21/h7,9,11,13,15H,4-6,8,10,12H2,1-3H3,(H,18,19). The molecule has 0 spiro atoms. The second kappa shape index (κ2) is 7.43. The van der Waals surface area contributed by atoms with E-state index >= 15 is 0 Å². The van der Waals surface area contributed by atoms with E-state index in [4.69, 9.17) is 0 Å². The third kappa shape index (κ3) is 4.45. The van der Waals surface area contributed by atoms with Crippen molar-refractivity contribution in [3.8, 4) is 0 Å². The highest BCUT2D eigenvalue weighted by Crippen LogP contribution is 2.26. The first-order valence-electron chi connectivity index (χ1n) is 8.06. The molecule has 0 bridgehead atoms. The molecule has 1 fully saturated rings. The Labute approximate surface area is 127 Å². The van der Waals surface area contributed by atoms with Crippen molar-refractivity contribution in [3.63, 3.8) is 0 Å². The number of nitrogens with zero attached hydrogens (tertiary/aromatic N) is 2. The van der Waals surface area contributed by atoms with Crippen LogP contribution in [0.1, 0.15) is 45.6 Å². The van der Waals surface area contributed by atoms with Crippen molar-refractivity contribution < 1.29 is 4.79 Å². The fourth-order valence-corrected chi connectivity index (χ4v) is 2.96. The molecule has 116 valence electrons. The molecular formula is C17H27N3O. The third-order valence-electron chi connectivity index (χ3n) is 4.35. The van der Waals surface area contributed by atoms with Gasteiger partial charge in [0.15, 0.2) is 0 Å². The normalized spacial score (nSPS) is 19.7. The summed E-state index contributed by atoms with van der Waals surface area (Å²) >= 11 is 0. The number of pyridine rings is 1. The van der Waals surface area contributed by atoms with Gasteiger partial charge in [0.25, 0.3) is 0 Å². The van der Waals surface area contributed by atoms with Gasteiger partial charge >= 0.3 is 0 Å². The van der Waals surface area contributed by atoms with E-state index in [0.717, 1.165) is 37.3 Å². The van der Waals surface area contributed by atoms with Crippen LogP contribution in [0.5, 0.6) is 0 Å². The van der Waals surface area contributed by atoms with Crippen LogP contribution in [0.25, 0.3) is 0 Å². The van der Waals surface area contributed by atoms with Gasteiger partial charge in [-0.15, -0.1) is 0 Å². The summed E-state index contributed by atoms with van der Waals surface area (Å²) in [6, 6.07) is 4.04. The monoisotopic (exact) mass is 289 g/mol. The first kappa shape index (κ1) is 15.8. The zero-order valence-electron chi connectivity index (χ0n) is 13.4. The topological polar surface area (TPSA) is 45.2 Å². The summed E-state index contributed by atoms with van der Waals surface area (Å²) in [4.78, 5) is 18.6. The lowest BCUT2D eigenvalue weighted by molar-refractivity contribution is -0.131. The van der Waals surface area contributed by atoms with Crippen LogP contribution < -0.4 is 5.32 Å². The maximum atomic E-state index is 12.3. The smallest absolute Gasteiger partial charge is 0.222 e. The van der Waals surface area contributed by atoms with Gasteiger partial charge in [-0.25, -0.2) is 4.98 Å². The first-order valence-corrected chi connectivity index (χ1v) is 8.06. The predicted octanol–water partition coefficient (Wildman–Crippen LogP) is 3.30. The number of carbonyl (C=O) groups excluding carboxylic acids is 1. The van der Waals surface area contributed by atoms with Crippen LogP contribution in [0.15, 0.2) is 18.3 Å². The average Bonchev–Trinajstić information content (AvgIpc) is 2.63. The lowest BCUT2D eigenvalue weighted by Gasteiger charge is -2.22. The summed E-state index contributed by atoms with van der Waals surface area (Å²) in [5.41, 5.74) is 1.15. The highest BCUT2D eigenvalue weighted by atomic mass is 16.2. The van der Waals surface area contributed by atoms with Crippen LogP contribution in [-0.4, -0.2) is 28.9 Å². The Kier molecular flexibility index (Phi) is 5.59. The largest absolute Gasteiger partial charge is 0.370 e. The van der Waals surface area contributed by atoms with Gasteiger partial charge in [0.1, 0.15) is 5.82 Å². The van der Waals surface area contributed by atoms with E-state index in [2.05, 4.69) is 31.1 Å². The minimum atomic E-state index is 0.292. The zero-order chi connectivity index (χ0) is 15.2. The minimum absolute atomic E-state index is 0.292. The number of hydrogen-bond donors (Lipinski definition) is 1. The molecule has 2 rings (SSSR count). The van der Waals surface area contributed by atoms with E-state index in [1.165, 1.54) is 0 Å².